The van der Waals surface area contributed by atoms with Crippen LogP contribution in [0.25, 0.3) is 0 Å². The molecule has 1 aromatic carbocycles. The normalized spacial score (nSPS) is 19.4. The lowest BCUT2D eigenvalue weighted by Gasteiger charge is -2.27. The Labute approximate surface area is 156 Å². The van der Waals surface area contributed by atoms with E-state index in [1.165, 1.54) is 30.3 Å². The predicted molar refractivity (Wildman–Crippen MR) is 101 cm³/mol. The van der Waals surface area contributed by atoms with Gasteiger partial charge in [0.1, 0.15) is 10.6 Å². The smallest absolute Gasteiger partial charge is 0.245 e. The fourth-order valence-electron chi connectivity index (χ4n) is 3.87. The lowest BCUT2D eigenvalue weighted by molar-refractivity contribution is -0.117. The van der Waals surface area contributed by atoms with E-state index in [0.717, 1.165) is 32.1 Å². The largest absolute Gasteiger partial charge is 0.497 e. The summed E-state index contributed by atoms with van der Waals surface area (Å²) in [6.07, 6.45) is 7.75. The number of carbonyl (C=O) groups is 1. The van der Waals surface area contributed by atoms with Crippen molar-refractivity contribution in [1.82, 2.24) is 4.31 Å². The summed E-state index contributed by atoms with van der Waals surface area (Å²) < 4.78 is 33.0. The Balaban J connectivity index is 1.83. The molecule has 1 saturated carbocycles. The Bertz CT molecular complexity index is 736. The number of piperidine rings is 1. The summed E-state index contributed by atoms with van der Waals surface area (Å²) in [5.74, 6) is 0.766. The van der Waals surface area contributed by atoms with Gasteiger partial charge in [-0.1, -0.05) is 19.3 Å². The molecule has 7 heteroatoms. The van der Waals surface area contributed by atoms with Crippen molar-refractivity contribution in [3.8, 4) is 5.75 Å². The van der Waals surface area contributed by atoms with E-state index >= 15 is 0 Å². The number of nitrogens with zero attached hydrogens (tertiary/aromatic N) is 1. The molecule has 26 heavy (non-hydrogen) atoms. The number of carbonyl (C=O) groups excluding carboxylic acids is 1. The van der Waals surface area contributed by atoms with Gasteiger partial charge in [0.25, 0.3) is 0 Å². The highest BCUT2D eigenvalue weighted by Crippen LogP contribution is 2.32. The number of sulfonamides is 1. The summed E-state index contributed by atoms with van der Waals surface area (Å²) in [6, 6.07) is 4.82. The number of methoxy groups -OCH3 is 1. The van der Waals surface area contributed by atoms with Crippen LogP contribution in [0.3, 0.4) is 0 Å². The second kappa shape index (κ2) is 8.39. The zero-order valence-corrected chi connectivity index (χ0v) is 16.2. The van der Waals surface area contributed by atoms with Crippen LogP contribution in [0.4, 0.5) is 5.69 Å². The molecule has 2 fully saturated rings. The number of hydrogen-bond acceptors (Lipinski definition) is 4. The van der Waals surface area contributed by atoms with Gasteiger partial charge in [0.2, 0.25) is 15.9 Å². The summed E-state index contributed by atoms with van der Waals surface area (Å²) in [6.45, 7) is 1.05. The molecule has 1 aromatic rings. The maximum Gasteiger partial charge on any atom is 0.245 e. The molecule has 0 bridgehead atoms. The molecule has 6 nitrogen and oxygen atoms in total. The van der Waals surface area contributed by atoms with Gasteiger partial charge in [-0.2, -0.15) is 4.31 Å². The Morgan fingerprint density at radius 3 is 2.50 bits per heavy atom. The minimum atomic E-state index is -3.66. The van der Waals surface area contributed by atoms with E-state index < -0.39 is 10.0 Å². The number of hydrogen-bond donors (Lipinski definition) is 1. The SMILES string of the molecule is COc1ccc(NC(=O)CC2CCCC2)c(S(=O)(=O)N2CCCCC2)c1. The van der Waals surface area contributed by atoms with Gasteiger partial charge >= 0.3 is 0 Å². The number of ether oxygens (including phenoxy) is 1. The third kappa shape index (κ3) is 4.38. The third-order valence-electron chi connectivity index (χ3n) is 5.34. The van der Waals surface area contributed by atoms with Crippen molar-refractivity contribution < 1.29 is 17.9 Å². The summed E-state index contributed by atoms with van der Waals surface area (Å²) in [5.41, 5.74) is 0.347. The minimum absolute atomic E-state index is 0.114. The third-order valence-corrected chi connectivity index (χ3v) is 7.28. The molecule has 1 amide bonds. The Hall–Kier alpha value is -1.60. The molecule has 1 N–H and O–H groups in total. The fourth-order valence-corrected chi connectivity index (χ4v) is 5.55. The Kier molecular flexibility index (Phi) is 6.19. The van der Waals surface area contributed by atoms with Crippen LogP contribution in [0.15, 0.2) is 23.1 Å². The van der Waals surface area contributed by atoms with Crippen molar-refractivity contribution in [2.24, 2.45) is 5.92 Å². The standard InChI is InChI=1S/C19H28N2O4S/c1-25-16-9-10-17(20-19(22)13-15-7-3-4-8-15)18(14-16)26(23,24)21-11-5-2-6-12-21/h9-10,14-15H,2-8,11-13H2,1H3,(H,20,22). The number of anilines is 1. The van der Waals surface area contributed by atoms with Gasteiger partial charge in [0.15, 0.2) is 0 Å². The molecule has 1 aliphatic carbocycles. The van der Waals surface area contributed by atoms with Gasteiger partial charge in [0, 0.05) is 25.6 Å². The molecule has 2 aliphatic rings. The Morgan fingerprint density at radius 1 is 1.15 bits per heavy atom. The summed E-state index contributed by atoms with van der Waals surface area (Å²) in [5, 5.41) is 2.83. The van der Waals surface area contributed by atoms with Crippen LogP contribution < -0.4 is 10.1 Å². The highest BCUT2D eigenvalue weighted by Gasteiger charge is 2.29. The van der Waals surface area contributed by atoms with Crippen LogP contribution in [0.2, 0.25) is 0 Å². The monoisotopic (exact) mass is 380 g/mol. The quantitative estimate of drug-likeness (QED) is 0.821. The van der Waals surface area contributed by atoms with Gasteiger partial charge in [-0.25, -0.2) is 8.42 Å². The minimum Gasteiger partial charge on any atom is -0.497 e. The molecule has 0 unspecified atom stereocenters. The first-order valence-electron chi connectivity index (χ1n) is 9.49. The van der Waals surface area contributed by atoms with Crippen molar-refractivity contribution >= 4 is 21.6 Å². The van der Waals surface area contributed by atoms with Crippen molar-refractivity contribution in [3.05, 3.63) is 18.2 Å². The average molecular weight is 381 g/mol. The summed E-state index contributed by atoms with van der Waals surface area (Å²) >= 11 is 0. The maximum atomic E-state index is 13.1. The highest BCUT2D eigenvalue weighted by molar-refractivity contribution is 7.89. The first kappa shape index (κ1) is 19.2. The Morgan fingerprint density at radius 2 is 1.85 bits per heavy atom. The van der Waals surface area contributed by atoms with Crippen LogP contribution in [0, 0.1) is 5.92 Å². The second-order valence-electron chi connectivity index (χ2n) is 7.23. The van der Waals surface area contributed by atoms with Gasteiger partial charge in [-0.3, -0.25) is 4.79 Å². The fraction of sp³-hybridized carbons (Fsp3) is 0.632. The number of benzene rings is 1. The van der Waals surface area contributed by atoms with E-state index in [1.54, 1.807) is 12.1 Å². The molecule has 3 rings (SSSR count). The molecule has 1 saturated heterocycles. The van der Waals surface area contributed by atoms with Crippen LogP contribution in [-0.2, 0) is 14.8 Å². The zero-order chi connectivity index (χ0) is 18.6. The molecular weight excluding hydrogens is 352 g/mol. The molecule has 0 atom stereocenters. The number of amides is 1. The van der Waals surface area contributed by atoms with Crippen LogP contribution in [0.1, 0.15) is 51.4 Å². The van der Waals surface area contributed by atoms with Gasteiger partial charge in [0.05, 0.1) is 12.8 Å². The number of nitrogens with one attached hydrogen (secondary N) is 1. The lowest BCUT2D eigenvalue weighted by atomic mass is 10.0. The molecule has 0 spiro atoms. The van der Waals surface area contributed by atoms with Crippen molar-refractivity contribution in [1.29, 1.82) is 0 Å². The van der Waals surface area contributed by atoms with Crippen LogP contribution >= 0.6 is 0 Å². The lowest BCUT2D eigenvalue weighted by Crippen LogP contribution is -2.36. The van der Waals surface area contributed by atoms with E-state index in [0.29, 0.717) is 36.9 Å². The zero-order valence-electron chi connectivity index (χ0n) is 15.4. The average Bonchev–Trinajstić information content (AvgIpc) is 3.15. The maximum absolute atomic E-state index is 13.1. The molecule has 1 aliphatic heterocycles. The summed E-state index contributed by atoms with van der Waals surface area (Å²) in [7, 11) is -2.15. The van der Waals surface area contributed by atoms with Gasteiger partial charge in [-0.15, -0.1) is 0 Å². The van der Waals surface area contributed by atoms with E-state index in [1.807, 2.05) is 0 Å². The van der Waals surface area contributed by atoms with Crippen LogP contribution in [0.5, 0.6) is 5.75 Å². The van der Waals surface area contributed by atoms with E-state index in [-0.39, 0.29) is 10.8 Å². The van der Waals surface area contributed by atoms with Crippen molar-refractivity contribution in [2.45, 2.75) is 56.3 Å². The predicted octanol–water partition coefficient (Wildman–Crippen LogP) is 3.39. The first-order chi connectivity index (χ1) is 12.5. The van der Waals surface area contributed by atoms with E-state index in [9.17, 15) is 13.2 Å². The van der Waals surface area contributed by atoms with E-state index in [2.05, 4.69) is 5.32 Å². The molecule has 0 aromatic heterocycles. The van der Waals surface area contributed by atoms with E-state index in [4.69, 9.17) is 4.74 Å². The summed E-state index contributed by atoms with van der Waals surface area (Å²) in [4.78, 5) is 12.6. The topological polar surface area (TPSA) is 75.7 Å². The second-order valence-corrected chi connectivity index (χ2v) is 9.14. The first-order valence-corrected chi connectivity index (χ1v) is 10.9. The molecule has 0 radical (unpaired) electrons. The number of rotatable bonds is 6. The van der Waals surface area contributed by atoms with Gasteiger partial charge in [-0.05, 0) is 43.7 Å². The highest BCUT2D eigenvalue weighted by atomic mass is 32.2. The van der Waals surface area contributed by atoms with Crippen molar-refractivity contribution in [3.63, 3.8) is 0 Å². The van der Waals surface area contributed by atoms with Gasteiger partial charge < -0.3 is 10.1 Å². The van der Waals surface area contributed by atoms with Crippen molar-refractivity contribution in [2.75, 3.05) is 25.5 Å². The molecular formula is C19H28N2O4S. The molecule has 144 valence electrons. The van der Waals surface area contributed by atoms with Crippen LogP contribution in [-0.4, -0.2) is 38.8 Å². The molecule has 1 heterocycles.